The minimum atomic E-state index is -0.475. The Hall–Kier alpha value is -5.30. The van der Waals surface area contributed by atoms with Gasteiger partial charge < -0.3 is 57.6 Å². The van der Waals surface area contributed by atoms with Crippen LogP contribution in [0.2, 0.25) is 0 Å². The summed E-state index contributed by atoms with van der Waals surface area (Å²) in [5, 5.41) is 17.4. The Labute approximate surface area is 478 Å². The lowest BCUT2D eigenvalue weighted by atomic mass is 9.71. The third kappa shape index (κ3) is 33.5. The first-order valence-electron chi connectivity index (χ1n) is 28.1. The molecule has 0 fully saturated rings. The van der Waals surface area contributed by atoms with Gasteiger partial charge in [0.25, 0.3) is 0 Å². The summed E-state index contributed by atoms with van der Waals surface area (Å²) in [4.78, 5) is 49.7. The molecule has 2 aliphatic rings. The zero-order valence-corrected chi connectivity index (χ0v) is 49.8. The molecule has 0 radical (unpaired) electrons. The molecule has 16 heteroatoms. The summed E-state index contributed by atoms with van der Waals surface area (Å²) in [6.07, 6.45) is 31.1. The smallest absolute Gasteiger partial charge is 0.306 e. The fourth-order valence-corrected chi connectivity index (χ4v) is 8.92. The van der Waals surface area contributed by atoms with Crippen LogP contribution in [-0.2, 0) is 66.5 Å². The third-order valence-electron chi connectivity index (χ3n) is 12.8. The number of carbonyl (C=O) groups excluding carboxylic acids is 4. The van der Waals surface area contributed by atoms with Crippen LogP contribution in [0.15, 0.2) is 130 Å². The highest BCUT2D eigenvalue weighted by molar-refractivity contribution is 5.78. The van der Waals surface area contributed by atoms with E-state index in [4.69, 9.17) is 57.6 Å². The number of allylic oxidation sites excluding steroid dienone is 20. The fraction of sp³-hybridized carbons (Fsp3) is 0.594. The highest BCUT2D eigenvalue weighted by Crippen LogP contribution is 2.43. The molecule has 0 spiro atoms. The molecule has 0 heterocycles. The van der Waals surface area contributed by atoms with E-state index in [2.05, 4.69) is 130 Å². The first-order valence-corrected chi connectivity index (χ1v) is 28.1. The van der Waals surface area contributed by atoms with Crippen LogP contribution < -0.4 is 0 Å². The van der Waals surface area contributed by atoms with Crippen molar-refractivity contribution in [3.05, 3.63) is 130 Å². The molecule has 0 aromatic heterocycles. The quantitative estimate of drug-likeness (QED) is 0.0254. The van der Waals surface area contributed by atoms with Gasteiger partial charge in [0.05, 0.1) is 118 Å². The monoisotopic (exact) mass is 1120 g/mol. The highest BCUT2D eigenvalue weighted by Gasteiger charge is 2.35. The second-order valence-electron chi connectivity index (χ2n) is 21.2. The number of hydrogen-bond donors (Lipinski definition) is 2. The van der Waals surface area contributed by atoms with Crippen LogP contribution in [-0.4, -0.2) is 152 Å². The van der Waals surface area contributed by atoms with Gasteiger partial charge in [-0.05, 0) is 76.4 Å². The van der Waals surface area contributed by atoms with E-state index in [0.717, 1.165) is 22.3 Å². The number of esters is 4. The third-order valence-corrected chi connectivity index (χ3v) is 12.8. The van der Waals surface area contributed by atoms with Crippen molar-refractivity contribution in [2.24, 2.45) is 10.8 Å². The topological polar surface area (TPSA) is 201 Å². The van der Waals surface area contributed by atoms with Crippen LogP contribution >= 0.6 is 0 Å². The van der Waals surface area contributed by atoms with Crippen molar-refractivity contribution >= 4 is 23.9 Å². The molecule has 0 bridgehead atoms. The van der Waals surface area contributed by atoms with Crippen LogP contribution in [0.3, 0.4) is 0 Å². The van der Waals surface area contributed by atoms with Gasteiger partial charge in [0.15, 0.2) is 0 Å². The van der Waals surface area contributed by atoms with Crippen LogP contribution in [0, 0.1) is 10.8 Å². The number of carbonyl (C=O) groups is 4. The Kier molecular flexibility index (Phi) is 36.9. The maximum absolute atomic E-state index is 12.7. The van der Waals surface area contributed by atoms with Crippen molar-refractivity contribution in [1.82, 2.24) is 0 Å². The van der Waals surface area contributed by atoms with Gasteiger partial charge in [-0.2, -0.15) is 0 Å². The Morgan fingerprint density at radius 1 is 0.425 bits per heavy atom. The van der Waals surface area contributed by atoms with Gasteiger partial charge in [0.2, 0.25) is 0 Å². The van der Waals surface area contributed by atoms with Crippen molar-refractivity contribution in [1.29, 1.82) is 0 Å². The number of hydrogen-bond acceptors (Lipinski definition) is 16. The van der Waals surface area contributed by atoms with Crippen molar-refractivity contribution < 1.29 is 76.8 Å². The van der Waals surface area contributed by atoms with Gasteiger partial charge in [0, 0.05) is 12.8 Å². The van der Waals surface area contributed by atoms with Gasteiger partial charge in [0.1, 0.15) is 25.4 Å². The average molecular weight is 1120 g/mol. The standard InChI is InChI=1S/C64H96O16/c1-49(17-13-19-51(3)21-23-57-53(5)45-55(47-63(57,7)8)79-61(69)27-25-59(67)77-43-41-75-39-37-73-35-33-71-31-29-65)15-11-12-16-50(2)18-14-20-52(4)22-24-58-54(6)46-56(48-64(58,9)10)80-62(70)28-26-60(68)78-44-42-76-40-38-74-36-34-72-32-30-66/h11-24,55-56,65-66H,25-48H2,1-10H3/b12-11+,17-13+,18-14+,23-21+,24-22+,49-15+,50-16+,51-19+,52-20+/t55-,56-/m1/s1. The molecule has 2 N–H and O–H groups in total. The van der Waals surface area contributed by atoms with Crippen LogP contribution in [0.1, 0.15) is 121 Å². The van der Waals surface area contributed by atoms with Gasteiger partial charge in [-0.3, -0.25) is 19.2 Å². The molecule has 0 unspecified atom stereocenters. The molecule has 2 rings (SSSR count). The van der Waals surface area contributed by atoms with Crippen molar-refractivity contribution in [2.45, 2.75) is 133 Å². The fourth-order valence-electron chi connectivity index (χ4n) is 8.92. The molecule has 80 heavy (non-hydrogen) atoms. The molecule has 0 amide bonds. The lowest BCUT2D eigenvalue weighted by Gasteiger charge is -2.37. The maximum Gasteiger partial charge on any atom is 0.306 e. The van der Waals surface area contributed by atoms with E-state index in [-0.39, 0.29) is 102 Å². The molecular formula is C64H96O16. The lowest BCUT2D eigenvalue weighted by molar-refractivity contribution is -0.155. The Morgan fingerprint density at radius 3 is 1.04 bits per heavy atom. The van der Waals surface area contributed by atoms with Crippen LogP contribution in [0.5, 0.6) is 0 Å². The summed E-state index contributed by atoms with van der Waals surface area (Å²) in [5.41, 5.74) is 8.82. The summed E-state index contributed by atoms with van der Waals surface area (Å²) in [5.74, 6) is -1.77. The number of ether oxygens (including phenoxy) is 10. The number of aliphatic hydroxyl groups is 2. The molecule has 0 saturated heterocycles. The first kappa shape index (κ1) is 70.8. The van der Waals surface area contributed by atoms with Crippen LogP contribution in [0.25, 0.3) is 0 Å². The second-order valence-corrected chi connectivity index (χ2v) is 21.2. The zero-order chi connectivity index (χ0) is 59.0. The Balaban J connectivity index is 1.75. The van der Waals surface area contributed by atoms with Gasteiger partial charge >= 0.3 is 23.9 Å². The SMILES string of the molecule is CC1=C(/C=C/C(C)=C/C=C/C(C)=C/C=C/C=C(C)/C=C/C=C(C)/C=C/C2=C(C)C[C@@H](OC(=O)CCC(=O)OCCOCCOCCOCCO)CC2(C)C)C(C)(C)C[C@H](OC(=O)CCC(=O)OCCOCCOCCOCCO)C1. The summed E-state index contributed by atoms with van der Waals surface area (Å²) in [6.45, 7) is 25.3. The first-order chi connectivity index (χ1) is 38.3. The molecule has 2 aliphatic carbocycles. The van der Waals surface area contributed by atoms with E-state index in [0.29, 0.717) is 78.5 Å². The normalized spacial score (nSPS) is 18.4. The lowest BCUT2D eigenvalue weighted by Crippen LogP contribution is -2.32. The Bertz CT molecular complexity index is 2080. The summed E-state index contributed by atoms with van der Waals surface area (Å²) in [7, 11) is 0. The summed E-state index contributed by atoms with van der Waals surface area (Å²) >= 11 is 0. The van der Waals surface area contributed by atoms with Crippen molar-refractivity contribution in [3.63, 3.8) is 0 Å². The van der Waals surface area contributed by atoms with Crippen LogP contribution in [0.4, 0.5) is 0 Å². The molecule has 16 nitrogen and oxygen atoms in total. The predicted octanol–water partition coefficient (Wildman–Crippen LogP) is 10.4. The van der Waals surface area contributed by atoms with Gasteiger partial charge in [-0.1, -0.05) is 146 Å². The van der Waals surface area contributed by atoms with E-state index >= 15 is 0 Å². The summed E-state index contributed by atoms with van der Waals surface area (Å²) < 4.78 is 53.7. The zero-order valence-electron chi connectivity index (χ0n) is 49.8. The minimum absolute atomic E-state index is 0.0222. The largest absolute Gasteiger partial charge is 0.463 e. The van der Waals surface area contributed by atoms with Gasteiger partial charge in [-0.15, -0.1) is 0 Å². The van der Waals surface area contributed by atoms with Crippen molar-refractivity contribution in [2.75, 3.05) is 106 Å². The number of rotatable bonds is 40. The molecular weight excluding hydrogens is 1020 g/mol. The van der Waals surface area contributed by atoms with E-state index in [1.165, 1.54) is 22.3 Å². The average Bonchev–Trinajstić information content (AvgIpc) is 3.39. The Morgan fingerprint density at radius 2 is 0.713 bits per heavy atom. The van der Waals surface area contributed by atoms with E-state index in [9.17, 15) is 19.2 Å². The predicted molar refractivity (Wildman–Crippen MR) is 311 cm³/mol. The van der Waals surface area contributed by atoms with E-state index < -0.39 is 23.9 Å². The summed E-state index contributed by atoms with van der Waals surface area (Å²) in [6, 6.07) is 0. The van der Waals surface area contributed by atoms with Crippen molar-refractivity contribution in [3.8, 4) is 0 Å². The molecule has 0 aliphatic heterocycles. The van der Waals surface area contributed by atoms with Gasteiger partial charge in [-0.25, -0.2) is 0 Å². The highest BCUT2D eigenvalue weighted by atomic mass is 16.6. The molecule has 2 atom stereocenters. The second kappa shape index (κ2) is 41.7. The molecule has 0 aromatic carbocycles. The molecule has 0 aromatic rings. The number of aliphatic hydroxyl groups excluding tert-OH is 2. The van der Waals surface area contributed by atoms with E-state index in [1.807, 2.05) is 24.3 Å². The van der Waals surface area contributed by atoms with E-state index in [1.54, 1.807) is 0 Å². The minimum Gasteiger partial charge on any atom is -0.463 e. The maximum atomic E-state index is 12.7. The molecule has 0 saturated carbocycles. The molecule has 448 valence electrons.